The summed E-state index contributed by atoms with van der Waals surface area (Å²) in [7, 11) is 0. The Balaban J connectivity index is 1.83. The van der Waals surface area contributed by atoms with E-state index in [2.05, 4.69) is 26.8 Å². The quantitative estimate of drug-likeness (QED) is 0.441. The van der Waals surface area contributed by atoms with E-state index in [4.69, 9.17) is 9.47 Å². The van der Waals surface area contributed by atoms with Crippen LogP contribution in [0.2, 0.25) is 0 Å². The topological polar surface area (TPSA) is 120 Å². The average molecular weight is 401 g/mol. The molecule has 0 aromatic heterocycles. The van der Waals surface area contributed by atoms with Gasteiger partial charge in [0.2, 0.25) is 0 Å². The van der Waals surface area contributed by atoms with Gasteiger partial charge in [-0.25, -0.2) is 0 Å². The van der Waals surface area contributed by atoms with Crippen LogP contribution in [0.15, 0.2) is 11.6 Å². The lowest BCUT2D eigenvalue weighted by Crippen LogP contribution is -2.62. The van der Waals surface area contributed by atoms with Crippen molar-refractivity contribution in [2.45, 2.75) is 95.8 Å². The summed E-state index contributed by atoms with van der Waals surface area (Å²) in [5, 5.41) is 50.9. The molecule has 2 aliphatic carbocycles. The number of rotatable bonds is 4. The van der Waals surface area contributed by atoms with Crippen molar-refractivity contribution in [2.24, 2.45) is 17.3 Å². The number of aliphatic hydroxyl groups excluding tert-OH is 4. The molecule has 9 unspecified atom stereocenters. The van der Waals surface area contributed by atoms with E-state index in [1.54, 1.807) is 0 Å². The first-order chi connectivity index (χ1) is 13.0. The number of allylic oxidation sites excluding steroid dienone is 1. The normalized spacial score (nSPS) is 49.6. The van der Waals surface area contributed by atoms with Crippen molar-refractivity contribution in [1.82, 2.24) is 0 Å². The highest BCUT2D eigenvalue weighted by Gasteiger charge is 2.56. The molecule has 162 valence electrons. The van der Waals surface area contributed by atoms with Gasteiger partial charge in [0.05, 0.1) is 18.3 Å². The first-order valence-corrected chi connectivity index (χ1v) is 10.4. The molecule has 0 bridgehead atoms. The number of hydrogen-bond acceptors (Lipinski definition) is 7. The third-order valence-electron chi connectivity index (χ3n) is 7.25. The highest BCUT2D eigenvalue weighted by molar-refractivity contribution is 5.21. The highest BCUT2D eigenvalue weighted by atomic mass is 16.7. The van der Waals surface area contributed by atoms with Gasteiger partial charge in [-0.05, 0) is 38.5 Å². The molecule has 2 fully saturated rings. The first kappa shape index (κ1) is 22.2. The molecule has 1 aliphatic heterocycles. The van der Waals surface area contributed by atoms with Crippen molar-refractivity contribution in [1.29, 1.82) is 0 Å². The maximum atomic E-state index is 11.1. The van der Waals surface area contributed by atoms with E-state index >= 15 is 0 Å². The van der Waals surface area contributed by atoms with Crippen molar-refractivity contribution in [3.8, 4) is 0 Å². The van der Waals surface area contributed by atoms with Crippen LogP contribution in [-0.4, -0.2) is 74.6 Å². The van der Waals surface area contributed by atoms with Gasteiger partial charge in [0.25, 0.3) is 0 Å². The Morgan fingerprint density at radius 1 is 1.14 bits per heavy atom. The van der Waals surface area contributed by atoms with Crippen LogP contribution in [0.3, 0.4) is 0 Å². The zero-order valence-corrected chi connectivity index (χ0v) is 17.3. The second kappa shape index (κ2) is 7.95. The van der Waals surface area contributed by atoms with Crippen LogP contribution in [0, 0.1) is 17.3 Å². The molecule has 1 saturated carbocycles. The fourth-order valence-electron chi connectivity index (χ4n) is 5.26. The van der Waals surface area contributed by atoms with Crippen LogP contribution in [-0.2, 0) is 9.47 Å². The van der Waals surface area contributed by atoms with Gasteiger partial charge in [0.15, 0.2) is 6.29 Å². The van der Waals surface area contributed by atoms with Crippen molar-refractivity contribution < 1.29 is 35.0 Å². The monoisotopic (exact) mass is 400 g/mol. The minimum atomic E-state index is -1.45. The molecular weight excluding hydrogens is 364 g/mol. The van der Waals surface area contributed by atoms with Crippen LogP contribution < -0.4 is 0 Å². The lowest BCUT2D eigenvalue weighted by Gasteiger charge is -2.56. The van der Waals surface area contributed by atoms with E-state index in [1.807, 2.05) is 6.92 Å². The molecule has 0 aromatic carbocycles. The molecule has 0 aromatic rings. The predicted octanol–water partition coefficient (Wildman–Crippen LogP) is 0.715. The molecule has 1 heterocycles. The lowest BCUT2D eigenvalue weighted by molar-refractivity contribution is -0.327. The van der Waals surface area contributed by atoms with Crippen LogP contribution in [0.4, 0.5) is 0 Å². The smallest absolute Gasteiger partial charge is 0.186 e. The van der Waals surface area contributed by atoms with Crippen molar-refractivity contribution in [3.63, 3.8) is 0 Å². The Kier molecular flexibility index (Phi) is 6.29. The van der Waals surface area contributed by atoms with Gasteiger partial charge in [-0.15, -0.1) is 0 Å². The maximum Gasteiger partial charge on any atom is 0.186 e. The molecule has 0 radical (unpaired) electrons. The Morgan fingerprint density at radius 2 is 1.82 bits per heavy atom. The average Bonchev–Trinajstić information content (AvgIpc) is 2.64. The van der Waals surface area contributed by atoms with E-state index in [9.17, 15) is 25.5 Å². The molecule has 28 heavy (non-hydrogen) atoms. The van der Waals surface area contributed by atoms with Crippen LogP contribution in [0.5, 0.6) is 0 Å². The summed E-state index contributed by atoms with van der Waals surface area (Å²) >= 11 is 0. The van der Waals surface area contributed by atoms with E-state index in [0.717, 1.165) is 12.8 Å². The van der Waals surface area contributed by atoms with Crippen LogP contribution >= 0.6 is 0 Å². The number of aliphatic hydroxyl groups is 5. The van der Waals surface area contributed by atoms with Crippen LogP contribution in [0.1, 0.15) is 53.4 Å². The van der Waals surface area contributed by atoms with E-state index in [0.29, 0.717) is 18.8 Å². The minimum absolute atomic E-state index is 0.0882. The van der Waals surface area contributed by atoms with Gasteiger partial charge in [-0.1, -0.05) is 32.4 Å². The second-order valence-corrected chi connectivity index (χ2v) is 9.60. The van der Waals surface area contributed by atoms with Gasteiger partial charge in [-0.2, -0.15) is 0 Å². The van der Waals surface area contributed by atoms with Gasteiger partial charge in [0.1, 0.15) is 24.4 Å². The third kappa shape index (κ3) is 3.78. The lowest BCUT2D eigenvalue weighted by atomic mass is 9.54. The zero-order chi connectivity index (χ0) is 20.9. The SMILES string of the molecule is CC(C)C1=CC2C(C)(O)CCC(OC3OC(CO)C(O)C(O)C3O)C2(C)CC1. The number of ether oxygens (including phenoxy) is 2. The van der Waals surface area contributed by atoms with E-state index in [1.165, 1.54) is 5.57 Å². The predicted molar refractivity (Wildman–Crippen MR) is 102 cm³/mol. The summed E-state index contributed by atoms with van der Waals surface area (Å²) in [6.45, 7) is 7.82. The van der Waals surface area contributed by atoms with E-state index < -0.39 is 42.9 Å². The summed E-state index contributed by atoms with van der Waals surface area (Å²) in [5.74, 6) is 0.335. The molecule has 7 heteroatoms. The molecular formula is C21H36O7. The number of hydrogen-bond donors (Lipinski definition) is 5. The Labute approximate surface area is 167 Å². The summed E-state index contributed by atoms with van der Waals surface area (Å²) in [6, 6.07) is 0. The molecule has 0 spiro atoms. The van der Waals surface area contributed by atoms with Crippen LogP contribution in [0.25, 0.3) is 0 Å². The Hall–Kier alpha value is -0.540. The summed E-state index contributed by atoms with van der Waals surface area (Å²) in [5.41, 5.74) is 0.153. The maximum absolute atomic E-state index is 11.1. The molecule has 1 saturated heterocycles. The van der Waals surface area contributed by atoms with E-state index in [-0.39, 0.29) is 17.4 Å². The molecule has 3 aliphatic rings. The molecule has 3 rings (SSSR count). The molecule has 5 N–H and O–H groups in total. The Morgan fingerprint density at radius 3 is 2.43 bits per heavy atom. The van der Waals surface area contributed by atoms with Gasteiger partial charge in [0, 0.05) is 11.3 Å². The Bertz CT molecular complexity index is 587. The second-order valence-electron chi connectivity index (χ2n) is 9.60. The zero-order valence-electron chi connectivity index (χ0n) is 17.3. The first-order valence-electron chi connectivity index (χ1n) is 10.4. The minimum Gasteiger partial charge on any atom is -0.394 e. The highest BCUT2D eigenvalue weighted by Crippen LogP contribution is 2.55. The molecule has 0 amide bonds. The van der Waals surface area contributed by atoms with Gasteiger partial charge in [-0.3, -0.25) is 0 Å². The summed E-state index contributed by atoms with van der Waals surface area (Å²) < 4.78 is 11.7. The fourth-order valence-corrected chi connectivity index (χ4v) is 5.26. The number of fused-ring (bicyclic) bond motifs is 1. The van der Waals surface area contributed by atoms with Gasteiger partial charge < -0.3 is 35.0 Å². The summed E-state index contributed by atoms with van der Waals surface area (Å²) in [6.07, 6.45) is -1.55. The standard InChI is InChI=1S/C21H36O7/c1-11(2)12-5-7-20(3)14(9-12)21(4,26)8-6-15(20)28-19-18(25)17(24)16(23)13(10-22)27-19/h9,11,13-19,22-26H,5-8,10H2,1-4H3. The van der Waals surface area contributed by atoms with Crippen molar-refractivity contribution in [3.05, 3.63) is 11.6 Å². The largest absolute Gasteiger partial charge is 0.394 e. The summed E-state index contributed by atoms with van der Waals surface area (Å²) in [4.78, 5) is 0. The fraction of sp³-hybridized carbons (Fsp3) is 0.905. The third-order valence-corrected chi connectivity index (χ3v) is 7.25. The van der Waals surface area contributed by atoms with Crippen molar-refractivity contribution >= 4 is 0 Å². The van der Waals surface area contributed by atoms with Gasteiger partial charge >= 0.3 is 0 Å². The molecule has 7 nitrogen and oxygen atoms in total. The molecule has 9 atom stereocenters. The van der Waals surface area contributed by atoms with Crippen molar-refractivity contribution in [2.75, 3.05) is 6.61 Å².